The minimum Gasteiger partial charge on any atom is -0.309 e. The Morgan fingerprint density at radius 2 is 1.90 bits per heavy atom. The summed E-state index contributed by atoms with van der Waals surface area (Å²) in [6, 6.07) is 18.2. The van der Waals surface area contributed by atoms with Gasteiger partial charge < -0.3 is 5.32 Å². The summed E-state index contributed by atoms with van der Waals surface area (Å²) in [6.07, 6.45) is 2.27. The lowest BCUT2D eigenvalue weighted by molar-refractivity contribution is 0.271. The average molecular weight is 279 g/mol. The number of rotatable bonds is 4. The number of benzene rings is 2. The van der Waals surface area contributed by atoms with Crippen molar-refractivity contribution in [1.29, 1.82) is 0 Å². The van der Waals surface area contributed by atoms with E-state index in [0.29, 0.717) is 11.5 Å². The maximum atomic E-state index is 3.80. The summed E-state index contributed by atoms with van der Waals surface area (Å²) in [5.74, 6) is 0. The van der Waals surface area contributed by atoms with E-state index in [9.17, 15) is 0 Å². The molecule has 1 nitrogen and oxygen atoms in total. The van der Waals surface area contributed by atoms with Gasteiger partial charge in [-0.15, -0.1) is 0 Å². The topological polar surface area (TPSA) is 12.0 Å². The van der Waals surface area contributed by atoms with Gasteiger partial charge in [-0.05, 0) is 48.4 Å². The first kappa shape index (κ1) is 14.3. The lowest BCUT2D eigenvalue weighted by Gasteiger charge is -2.28. The molecule has 0 saturated heterocycles. The Kier molecular flexibility index (Phi) is 3.86. The van der Waals surface area contributed by atoms with Gasteiger partial charge in [-0.2, -0.15) is 0 Å². The van der Waals surface area contributed by atoms with Crippen LogP contribution >= 0.6 is 0 Å². The van der Waals surface area contributed by atoms with E-state index in [0.717, 1.165) is 13.0 Å². The van der Waals surface area contributed by atoms with Crippen LogP contribution in [0.2, 0.25) is 0 Å². The molecule has 110 valence electrons. The summed E-state index contributed by atoms with van der Waals surface area (Å²) in [7, 11) is 0. The molecule has 0 radical (unpaired) electrons. The fourth-order valence-corrected chi connectivity index (χ4v) is 3.61. The van der Waals surface area contributed by atoms with Gasteiger partial charge in [0, 0.05) is 6.04 Å². The highest BCUT2D eigenvalue weighted by molar-refractivity contribution is 5.37. The van der Waals surface area contributed by atoms with Crippen LogP contribution < -0.4 is 5.32 Å². The molecule has 0 spiro atoms. The van der Waals surface area contributed by atoms with Crippen molar-refractivity contribution in [2.24, 2.45) is 5.41 Å². The quantitative estimate of drug-likeness (QED) is 0.872. The predicted molar refractivity (Wildman–Crippen MR) is 89.6 cm³/mol. The van der Waals surface area contributed by atoms with Gasteiger partial charge in [0.25, 0.3) is 0 Å². The Labute approximate surface area is 128 Å². The molecule has 0 aromatic heterocycles. The summed E-state index contributed by atoms with van der Waals surface area (Å²) in [6.45, 7) is 7.94. The minimum absolute atomic E-state index is 0.302. The molecule has 0 aliphatic heterocycles. The normalized spacial score (nSPS) is 19.5. The molecule has 0 bridgehead atoms. The monoisotopic (exact) mass is 279 g/mol. The maximum Gasteiger partial charge on any atom is 0.0377 e. The zero-order valence-electron chi connectivity index (χ0n) is 13.3. The molecule has 1 heteroatoms. The van der Waals surface area contributed by atoms with Crippen LogP contribution in [-0.2, 0) is 12.8 Å². The van der Waals surface area contributed by atoms with Crippen LogP contribution in [0, 0.1) is 12.3 Å². The van der Waals surface area contributed by atoms with E-state index in [1.165, 1.54) is 28.7 Å². The molecular weight excluding hydrogens is 254 g/mol. The second-order valence-electron chi connectivity index (χ2n) is 6.99. The Balaban J connectivity index is 1.67. The molecule has 0 heterocycles. The molecule has 1 aliphatic rings. The van der Waals surface area contributed by atoms with Gasteiger partial charge in [0.1, 0.15) is 0 Å². The number of hydrogen-bond donors (Lipinski definition) is 1. The number of nitrogens with one attached hydrogen (secondary N) is 1. The predicted octanol–water partition coefficient (Wildman–Crippen LogP) is 4.45. The Morgan fingerprint density at radius 1 is 1.10 bits per heavy atom. The molecule has 3 rings (SSSR count). The highest BCUT2D eigenvalue weighted by Crippen LogP contribution is 2.44. The first-order chi connectivity index (χ1) is 10.1. The summed E-state index contributed by atoms with van der Waals surface area (Å²) in [4.78, 5) is 0. The maximum absolute atomic E-state index is 3.80. The second kappa shape index (κ2) is 5.65. The molecule has 1 unspecified atom stereocenters. The van der Waals surface area contributed by atoms with Crippen molar-refractivity contribution >= 4 is 0 Å². The Bertz CT molecular complexity index is 627. The van der Waals surface area contributed by atoms with Gasteiger partial charge in [-0.25, -0.2) is 0 Å². The fourth-order valence-electron chi connectivity index (χ4n) is 3.61. The molecule has 1 N–H and O–H groups in total. The fraction of sp³-hybridized carbons (Fsp3) is 0.400. The molecule has 1 aliphatic carbocycles. The van der Waals surface area contributed by atoms with Crippen molar-refractivity contribution in [2.75, 3.05) is 6.54 Å². The van der Waals surface area contributed by atoms with E-state index in [1.807, 2.05) is 0 Å². The van der Waals surface area contributed by atoms with Crippen LogP contribution in [0.4, 0.5) is 0 Å². The van der Waals surface area contributed by atoms with Crippen LogP contribution in [0.1, 0.15) is 42.1 Å². The highest BCUT2D eigenvalue weighted by atomic mass is 14.9. The van der Waals surface area contributed by atoms with Gasteiger partial charge in [0.15, 0.2) is 0 Å². The smallest absolute Gasteiger partial charge is 0.0377 e. The average Bonchev–Trinajstić information content (AvgIpc) is 2.70. The third kappa shape index (κ3) is 3.03. The minimum atomic E-state index is 0.302. The highest BCUT2D eigenvalue weighted by Gasteiger charge is 2.37. The number of aryl methyl sites for hydroxylation is 1. The van der Waals surface area contributed by atoms with Crippen LogP contribution in [0.15, 0.2) is 48.5 Å². The van der Waals surface area contributed by atoms with Crippen molar-refractivity contribution in [1.82, 2.24) is 5.32 Å². The summed E-state index contributed by atoms with van der Waals surface area (Å²) >= 11 is 0. The van der Waals surface area contributed by atoms with Crippen molar-refractivity contribution in [3.8, 4) is 0 Å². The molecule has 2 aromatic carbocycles. The zero-order valence-corrected chi connectivity index (χ0v) is 13.3. The third-order valence-corrected chi connectivity index (χ3v) is 4.64. The first-order valence-electron chi connectivity index (χ1n) is 7.93. The largest absolute Gasteiger partial charge is 0.309 e. The third-order valence-electron chi connectivity index (χ3n) is 4.64. The molecule has 2 aromatic rings. The van der Waals surface area contributed by atoms with E-state index in [4.69, 9.17) is 0 Å². The van der Waals surface area contributed by atoms with Crippen molar-refractivity contribution in [3.05, 3.63) is 70.8 Å². The van der Waals surface area contributed by atoms with Crippen molar-refractivity contribution < 1.29 is 0 Å². The molecule has 0 saturated carbocycles. The van der Waals surface area contributed by atoms with Gasteiger partial charge in [-0.1, -0.05) is 67.9 Å². The van der Waals surface area contributed by atoms with Crippen LogP contribution in [0.25, 0.3) is 0 Å². The summed E-state index contributed by atoms with van der Waals surface area (Å²) in [5, 5.41) is 3.80. The molecule has 0 amide bonds. The van der Waals surface area contributed by atoms with E-state index >= 15 is 0 Å². The second-order valence-corrected chi connectivity index (χ2v) is 6.99. The van der Waals surface area contributed by atoms with Crippen molar-refractivity contribution in [3.63, 3.8) is 0 Å². The molecule has 21 heavy (non-hydrogen) atoms. The van der Waals surface area contributed by atoms with Crippen LogP contribution in [0.3, 0.4) is 0 Å². The van der Waals surface area contributed by atoms with Gasteiger partial charge in [-0.3, -0.25) is 0 Å². The van der Waals surface area contributed by atoms with E-state index < -0.39 is 0 Å². The summed E-state index contributed by atoms with van der Waals surface area (Å²) in [5.41, 5.74) is 6.07. The molecule has 1 atom stereocenters. The lowest BCUT2D eigenvalue weighted by atomic mass is 9.85. The standard InChI is InChI=1S/C20H25N/c1-15-7-6-8-16(13-15)11-12-21-19-18-10-5-4-9-17(18)14-20(19,2)3/h4-10,13,19,21H,11-12,14H2,1-3H3. The SMILES string of the molecule is Cc1cccc(CCNC2c3ccccc3CC2(C)C)c1. The summed E-state index contributed by atoms with van der Waals surface area (Å²) < 4.78 is 0. The van der Waals surface area contributed by atoms with E-state index in [-0.39, 0.29) is 0 Å². The van der Waals surface area contributed by atoms with Gasteiger partial charge in [0.2, 0.25) is 0 Å². The zero-order chi connectivity index (χ0) is 14.9. The number of hydrogen-bond acceptors (Lipinski definition) is 1. The number of fused-ring (bicyclic) bond motifs is 1. The molecular formula is C20H25N. The van der Waals surface area contributed by atoms with Crippen LogP contribution in [-0.4, -0.2) is 6.54 Å². The van der Waals surface area contributed by atoms with E-state index in [1.54, 1.807) is 0 Å². The lowest BCUT2D eigenvalue weighted by Crippen LogP contribution is -2.32. The van der Waals surface area contributed by atoms with E-state index in [2.05, 4.69) is 74.6 Å². The van der Waals surface area contributed by atoms with Crippen molar-refractivity contribution in [2.45, 2.75) is 39.7 Å². The van der Waals surface area contributed by atoms with Crippen LogP contribution in [0.5, 0.6) is 0 Å². The Hall–Kier alpha value is -1.60. The first-order valence-corrected chi connectivity index (χ1v) is 7.93. The molecule has 0 fully saturated rings. The van der Waals surface area contributed by atoms with Gasteiger partial charge in [0.05, 0.1) is 0 Å². The Morgan fingerprint density at radius 3 is 2.71 bits per heavy atom. The van der Waals surface area contributed by atoms with Gasteiger partial charge >= 0.3 is 0 Å².